The zero-order chi connectivity index (χ0) is 19.0. The van der Waals surface area contributed by atoms with Crippen LogP contribution in [0.15, 0.2) is 27.4 Å². The van der Waals surface area contributed by atoms with Gasteiger partial charge in [-0.15, -0.1) is 0 Å². The van der Waals surface area contributed by atoms with Gasteiger partial charge in [-0.2, -0.15) is 0 Å². The van der Waals surface area contributed by atoms with Crippen LogP contribution in [0.5, 0.6) is 17.2 Å². The maximum atomic E-state index is 11.4. The molecule has 0 spiro atoms. The molecule has 3 rings (SSSR count). The lowest BCUT2D eigenvalue weighted by molar-refractivity contribution is -0.277. The van der Waals surface area contributed by atoms with Crippen molar-refractivity contribution in [2.24, 2.45) is 0 Å². The minimum atomic E-state index is -1.65. The Hall–Kier alpha value is -2.37. The van der Waals surface area contributed by atoms with Crippen LogP contribution < -0.4 is 15.1 Å². The highest BCUT2D eigenvalue weighted by Gasteiger charge is 2.45. The Kier molecular flexibility index (Phi) is 5.03. The van der Waals surface area contributed by atoms with Gasteiger partial charge < -0.3 is 44.2 Å². The van der Waals surface area contributed by atoms with E-state index in [2.05, 4.69) is 0 Å². The highest BCUT2D eigenvalue weighted by molar-refractivity contribution is 5.88. The number of benzene rings is 1. The van der Waals surface area contributed by atoms with Gasteiger partial charge in [-0.1, -0.05) is 0 Å². The average Bonchev–Trinajstić information content (AvgIpc) is 2.62. The van der Waals surface area contributed by atoms with Gasteiger partial charge in [0.1, 0.15) is 30.0 Å². The van der Waals surface area contributed by atoms with E-state index in [0.717, 1.165) is 6.07 Å². The highest BCUT2D eigenvalue weighted by Crippen LogP contribution is 2.43. The molecule has 1 saturated heterocycles. The van der Waals surface area contributed by atoms with Gasteiger partial charge in [-0.05, 0) is 6.07 Å². The minimum Gasteiger partial charge on any atom is -0.504 e. The van der Waals surface area contributed by atoms with E-state index in [-0.39, 0.29) is 28.2 Å². The van der Waals surface area contributed by atoms with Gasteiger partial charge in [0.15, 0.2) is 11.5 Å². The number of aliphatic hydroxyl groups excluding tert-OH is 4. The van der Waals surface area contributed by atoms with Gasteiger partial charge in [0.2, 0.25) is 12.0 Å². The quantitative estimate of drug-likeness (QED) is 0.409. The molecule has 1 aromatic heterocycles. The number of methoxy groups -OCH3 is 1. The van der Waals surface area contributed by atoms with Crippen molar-refractivity contribution < 1.29 is 44.2 Å². The van der Waals surface area contributed by atoms with E-state index in [1.807, 2.05) is 0 Å². The van der Waals surface area contributed by atoms with Gasteiger partial charge >= 0.3 is 5.63 Å². The van der Waals surface area contributed by atoms with Crippen LogP contribution in [0.2, 0.25) is 0 Å². The molecule has 1 fully saturated rings. The molecule has 0 saturated carbocycles. The second kappa shape index (κ2) is 7.09. The summed E-state index contributed by atoms with van der Waals surface area (Å²) in [6.45, 7) is -0.625. The Morgan fingerprint density at radius 3 is 2.54 bits per heavy atom. The molecule has 142 valence electrons. The summed E-state index contributed by atoms with van der Waals surface area (Å²) in [7, 11) is 1.26. The molecule has 2 aromatic rings. The van der Waals surface area contributed by atoms with Crippen molar-refractivity contribution in [1.82, 2.24) is 0 Å². The van der Waals surface area contributed by atoms with Crippen LogP contribution in [0.25, 0.3) is 11.0 Å². The molecule has 5 unspecified atom stereocenters. The minimum absolute atomic E-state index is 0.00427. The van der Waals surface area contributed by atoms with E-state index in [0.29, 0.717) is 0 Å². The average molecular weight is 370 g/mol. The van der Waals surface area contributed by atoms with Crippen LogP contribution in [0.3, 0.4) is 0 Å². The molecule has 5 atom stereocenters. The first-order valence-corrected chi connectivity index (χ1v) is 7.68. The first-order chi connectivity index (χ1) is 12.4. The topological polar surface area (TPSA) is 159 Å². The zero-order valence-electron chi connectivity index (χ0n) is 13.6. The lowest BCUT2D eigenvalue weighted by Crippen LogP contribution is -2.60. The molecule has 1 aromatic carbocycles. The number of rotatable bonds is 4. The predicted molar refractivity (Wildman–Crippen MR) is 85.1 cm³/mol. The number of hydrogen-bond donors (Lipinski definition) is 5. The molecule has 0 bridgehead atoms. The Labute approximate surface area is 146 Å². The molecule has 5 N–H and O–H groups in total. The van der Waals surface area contributed by atoms with Gasteiger partial charge in [0.05, 0.1) is 19.1 Å². The number of aromatic hydroxyl groups is 1. The second-order valence-electron chi connectivity index (χ2n) is 5.74. The monoisotopic (exact) mass is 370 g/mol. The van der Waals surface area contributed by atoms with Crippen molar-refractivity contribution in [2.75, 3.05) is 13.7 Å². The van der Waals surface area contributed by atoms with E-state index in [1.54, 1.807) is 0 Å². The fourth-order valence-electron chi connectivity index (χ4n) is 2.73. The second-order valence-corrected chi connectivity index (χ2v) is 5.74. The maximum absolute atomic E-state index is 11.4. The van der Waals surface area contributed by atoms with Crippen LogP contribution in [0, 0.1) is 0 Å². The summed E-state index contributed by atoms with van der Waals surface area (Å²) in [6, 6.07) is 3.72. The van der Waals surface area contributed by atoms with Crippen molar-refractivity contribution >= 4 is 11.0 Å². The number of hydrogen-bond acceptors (Lipinski definition) is 10. The molecule has 0 radical (unpaired) electrons. The van der Waals surface area contributed by atoms with Gasteiger partial charge in [-0.3, -0.25) is 0 Å². The zero-order valence-corrected chi connectivity index (χ0v) is 13.6. The molecule has 1 aliphatic rings. The van der Waals surface area contributed by atoms with Crippen molar-refractivity contribution in [3.05, 3.63) is 28.6 Å². The van der Waals surface area contributed by atoms with Crippen molar-refractivity contribution in [3.63, 3.8) is 0 Å². The largest absolute Gasteiger partial charge is 0.504 e. The van der Waals surface area contributed by atoms with Crippen LogP contribution in [-0.2, 0) is 4.74 Å². The van der Waals surface area contributed by atoms with Gasteiger partial charge in [0, 0.05) is 12.1 Å². The third-order valence-corrected chi connectivity index (χ3v) is 4.11. The molecule has 0 aliphatic carbocycles. The Morgan fingerprint density at radius 2 is 1.88 bits per heavy atom. The lowest BCUT2D eigenvalue weighted by Gasteiger charge is -2.39. The van der Waals surface area contributed by atoms with Crippen molar-refractivity contribution in [1.29, 1.82) is 0 Å². The molecule has 0 amide bonds. The fraction of sp³-hybridized carbons (Fsp3) is 0.438. The summed E-state index contributed by atoms with van der Waals surface area (Å²) in [5, 5.41) is 49.4. The molecule has 2 heterocycles. The van der Waals surface area contributed by atoms with E-state index in [4.69, 9.17) is 18.6 Å². The van der Waals surface area contributed by atoms with E-state index in [9.17, 15) is 30.3 Å². The molecule has 10 heteroatoms. The number of ether oxygens (including phenoxy) is 3. The van der Waals surface area contributed by atoms with Crippen molar-refractivity contribution in [3.8, 4) is 17.2 Å². The highest BCUT2D eigenvalue weighted by atomic mass is 16.7. The Bertz CT molecular complexity index is 845. The predicted octanol–water partition coefficient (Wildman–Crippen LogP) is -1.31. The molecular weight excluding hydrogens is 352 g/mol. The normalized spacial score (nSPS) is 28.9. The first-order valence-electron chi connectivity index (χ1n) is 7.68. The third kappa shape index (κ3) is 3.08. The summed E-state index contributed by atoms with van der Waals surface area (Å²) in [4.78, 5) is 11.4. The SMILES string of the molecule is COc1c(OC2OC(CO)C(O)C(O)C2O)cc2oc(=O)ccc2c1O. The Balaban J connectivity index is 2.00. The van der Waals surface area contributed by atoms with Crippen molar-refractivity contribution in [2.45, 2.75) is 30.7 Å². The third-order valence-electron chi connectivity index (χ3n) is 4.11. The number of phenolic OH excluding ortho intramolecular Hbond substituents is 1. The van der Waals surface area contributed by atoms with Crippen LogP contribution in [0.4, 0.5) is 0 Å². The van der Waals surface area contributed by atoms with Gasteiger partial charge in [-0.25, -0.2) is 4.79 Å². The number of aliphatic hydroxyl groups is 4. The molecule has 26 heavy (non-hydrogen) atoms. The van der Waals surface area contributed by atoms with E-state index < -0.39 is 42.9 Å². The first kappa shape index (κ1) is 18.4. The molecule has 10 nitrogen and oxygen atoms in total. The molecular formula is C16H18O10. The molecule has 1 aliphatic heterocycles. The summed E-state index contributed by atoms with van der Waals surface area (Å²) in [5.41, 5.74) is -0.656. The Morgan fingerprint density at radius 1 is 1.15 bits per heavy atom. The summed E-state index contributed by atoms with van der Waals surface area (Å²) in [5.74, 6) is -0.632. The smallest absolute Gasteiger partial charge is 0.336 e. The summed E-state index contributed by atoms with van der Waals surface area (Å²) >= 11 is 0. The van der Waals surface area contributed by atoms with E-state index in [1.165, 1.54) is 19.2 Å². The lowest BCUT2D eigenvalue weighted by atomic mass is 9.99. The summed E-state index contributed by atoms with van der Waals surface area (Å²) < 4.78 is 20.8. The van der Waals surface area contributed by atoms with Gasteiger partial charge in [0.25, 0.3) is 0 Å². The number of fused-ring (bicyclic) bond motifs is 1. The standard InChI is InChI=1S/C16H18O10/c1-23-15-8(4-7-6(11(15)19)2-3-10(18)24-7)25-16-14(22)13(21)12(20)9(5-17)26-16/h2-4,9,12-14,16-17,19-22H,5H2,1H3. The fourth-order valence-corrected chi connectivity index (χ4v) is 2.73. The van der Waals surface area contributed by atoms with E-state index >= 15 is 0 Å². The maximum Gasteiger partial charge on any atom is 0.336 e. The number of phenols is 1. The van der Waals surface area contributed by atoms with Crippen LogP contribution >= 0.6 is 0 Å². The van der Waals surface area contributed by atoms with Crippen LogP contribution in [-0.4, -0.2) is 70.0 Å². The van der Waals surface area contributed by atoms with Crippen LogP contribution in [0.1, 0.15) is 0 Å². The summed E-state index contributed by atoms with van der Waals surface area (Å²) in [6.07, 6.45) is -7.50.